The Morgan fingerprint density at radius 2 is 2.20 bits per heavy atom. The van der Waals surface area contributed by atoms with Crippen molar-refractivity contribution in [3.05, 3.63) is 0 Å². The summed E-state index contributed by atoms with van der Waals surface area (Å²) < 4.78 is 0. The van der Waals surface area contributed by atoms with Gasteiger partial charge in [-0.1, -0.05) is 32.6 Å². The van der Waals surface area contributed by atoms with E-state index in [1.807, 2.05) is 0 Å². The van der Waals surface area contributed by atoms with Crippen LogP contribution in [-0.2, 0) is 4.79 Å². The molecule has 1 aliphatic rings. The third kappa shape index (κ3) is 5.78. The molecule has 1 saturated carbocycles. The summed E-state index contributed by atoms with van der Waals surface area (Å²) in [5.41, 5.74) is 5.75. The topological polar surface area (TPSA) is 55.1 Å². The van der Waals surface area contributed by atoms with Crippen LogP contribution in [0.2, 0.25) is 0 Å². The van der Waals surface area contributed by atoms with Gasteiger partial charge >= 0.3 is 0 Å². The number of amides is 1. The lowest BCUT2D eigenvalue weighted by Gasteiger charge is -2.11. The summed E-state index contributed by atoms with van der Waals surface area (Å²) in [5, 5.41) is 2.91. The summed E-state index contributed by atoms with van der Waals surface area (Å²) in [6.45, 7) is 2.91. The van der Waals surface area contributed by atoms with Crippen LogP contribution in [0, 0.1) is 5.92 Å². The molecule has 3 heteroatoms. The van der Waals surface area contributed by atoms with Gasteiger partial charge in [0, 0.05) is 6.54 Å². The van der Waals surface area contributed by atoms with E-state index in [0.717, 1.165) is 38.1 Å². The van der Waals surface area contributed by atoms with Crippen molar-refractivity contribution in [3.8, 4) is 0 Å². The Morgan fingerprint density at radius 3 is 2.80 bits per heavy atom. The Balaban J connectivity index is 1.95. The smallest absolute Gasteiger partial charge is 0.236 e. The number of rotatable bonds is 8. The molecule has 0 radical (unpaired) electrons. The van der Waals surface area contributed by atoms with Crippen LogP contribution in [0.25, 0.3) is 0 Å². The highest BCUT2D eigenvalue weighted by Gasteiger charge is 2.20. The van der Waals surface area contributed by atoms with Crippen LogP contribution in [0.1, 0.15) is 51.9 Å². The van der Waals surface area contributed by atoms with Gasteiger partial charge in [-0.05, 0) is 25.2 Å². The molecule has 0 heterocycles. The van der Waals surface area contributed by atoms with E-state index in [1.165, 1.54) is 19.3 Å². The van der Waals surface area contributed by atoms with Crippen LogP contribution in [-0.4, -0.2) is 18.5 Å². The van der Waals surface area contributed by atoms with Crippen molar-refractivity contribution in [1.29, 1.82) is 0 Å². The molecule has 0 aromatic carbocycles. The monoisotopic (exact) mass is 212 g/mol. The Labute approximate surface area is 92.8 Å². The fraction of sp³-hybridized carbons (Fsp3) is 0.917. The number of nitrogens with one attached hydrogen (secondary N) is 1. The zero-order valence-corrected chi connectivity index (χ0v) is 9.80. The van der Waals surface area contributed by atoms with Crippen molar-refractivity contribution < 1.29 is 4.79 Å². The first-order valence-electron chi connectivity index (χ1n) is 6.27. The van der Waals surface area contributed by atoms with Crippen molar-refractivity contribution >= 4 is 5.91 Å². The van der Waals surface area contributed by atoms with E-state index in [2.05, 4.69) is 12.2 Å². The van der Waals surface area contributed by atoms with E-state index in [9.17, 15) is 4.79 Å². The molecule has 3 nitrogen and oxygen atoms in total. The molecular weight excluding hydrogens is 188 g/mol. The largest absolute Gasteiger partial charge is 0.355 e. The summed E-state index contributed by atoms with van der Waals surface area (Å²) in [6.07, 6.45) is 8.11. The van der Waals surface area contributed by atoms with E-state index in [4.69, 9.17) is 5.73 Å². The van der Waals surface area contributed by atoms with Crippen molar-refractivity contribution in [2.24, 2.45) is 11.7 Å². The highest BCUT2D eigenvalue weighted by molar-refractivity contribution is 5.81. The highest BCUT2D eigenvalue weighted by atomic mass is 16.2. The molecule has 0 aliphatic heterocycles. The highest BCUT2D eigenvalue weighted by Crippen LogP contribution is 2.33. The molecule has 0 unspecified atom stereocenters. The van der Waals surface area contributed by atoms with E-state index < -0.39 is 0 Å². The first-order chi connectivity index (χ1) is 7.24. The van der Waals surface area contributed by atoms with E-state index in [1.54, 1.807) is 0 Å². The average molecular weight is 212 g/mol. The summed E-state index contributed by atoms with van der Waals surface area (Å²) in [7, 11) is 0. The van der Waals surface area contributed by atoms with Gasteiger partial charge in [0.05, 0.1) is 6.04 Å². The SMILES string of the molecule is CCCC[C@H](N)C(=O)NCCCC1CC1. The van der Waals surface area contributed by atoms with Gasteiger partial charge in [0.15, 0.2) is 0 Å². The van der Waals surface area contributed by atoms with Crippen molar-refractivity contribution in [3.63, 3.8) is 0 Å². The van der Waals surface area contributed by atoms with Gasteiger partial charge < -0.3 is 11.1 Å². The van der Waals surface area contributed by atoms with Gasteiger partial charge in [-0.3, -0.25) is 4.79 Å². The molecule has 88 valence electrons. The summed E-state index contributed by atoms with van der Waals surface area (Å²) in [4.78, 5) is 11.5. The third-order valence-corrected chi connectivity index (χ3v) is 2.99. The second-order valence-electron chi connectivity index (χ2n) is 4.63. The molecular formula is C12H24N2O. The Kier molecular flexibility index (Phi) is 5.69. The molecule has 1 amide bonds. The summed E-state index contributed by atoms with van der Waals surface area (Å²) >= 11 is 0. The Hall–Kier alpha value is -0.570. The first-order valence-corrected chi connectivity index (χ1v) is 6.27. The second kappa shape index (κ2) is 6.83. The van der Waals surface area contributed by atoms with Crippen molar-refractivity contribution in [2.45, 2.75) is 57.9 Å². The van der Waals surface area contributed by atoms with E-state index in [0.29, 0.717) is 0 Å². The lowest BCUT2D eigenvalue weighted by molar-refractivity contribution is -0.122. The number of hydrogen-bond acceptors (Lipinski definition) is 2. The minimum Gasteiger partial charge on any atom is -0.355 e. The summed E-state index contributed by atoms with van der Waals surface area (Å²) in [5.74, 6) is 0.981. The number of hydrogen-bond donors (Lipinski definition) is 2. The minimum absolute atomic E-state index is 0.0271. The molecule has 0 bridgehead atoms. The van der Waals surface area contributed by atoms with Crippen LogP contribution in [0.15, 0.2) is 0 Å². The number of nitrogens with two attached hydrogens (primary N) is 1. The molecule has 0 aromatic rings. The number of carbonyl (C=O) groups excluding carboxylic acids is 1. The minimum atomic E-state index is -0.300. The lowest BCUT2D eigenvalue weighted by atomic mass is 10.1. The van der Waals surface area contributed by atoms with Crippen LogP contribution >= 0.6 is 0 Å². The Morgan fingerprint density at radius 1 is 1.47 bits per heavy atom. The number of unbranched alkanes of at least 4 members (excludes halogenated alkanes) is 1. The molecule has 0 saturated heterocycles. The van der Waals surface area contributed by atoms with Crippen LogP contribution < -0.4 is 11.1 Å². The zero-order chi connectivity index (χ0) is 11.1. The van der Waals surface area contributed by atoms with E-state index >= 15 is 0 Å². The third-order valence-electron chi connectivity index (χ3n) is 2.99. The van der Waals surface area contributed by atoms with Crippen LogP contribution in [0.3, 0.4) is 0 Å². The van der Waals surface area contributed by atoms with Gasteiger partial charge in [0.25, 0.3) is 0 Å². The van der Waals surface area contributed by atoms with Crippen molar-refractivity contribution in [2.75, 3.05) is 6.54 Å². The first kappa shape index (κ1) is 12.5. The normalized spacial score (nSPS) is 17.5. The standard InChI is InChI=1S/C12H24N2O/c1-2-3-6-11(13)12(15)14-9-4-5-10-7-8-10/h10-11H,2-9,13H2,1H3,(H,14,15)/t11-/m0/s1. The van der Waals surface area contributed by atoms with Gasteiger partial charge in [-0.2, -0.15) is 0 Å². The van der Waals surface area contributed by atoms with Crippen LogP contribution in [0.5, 0.6) is 0 Å². The molecule has 0 aromatic heterocycles. The zero-order valence-electron chi connectivity index (χ0n) is 9.80. The Bertz CT molecular complexity index is 190. The van der Waals surface area contributed by atoms with Gasteiger partial charge in [0.2, 0.25) is 5.91 Å². The van der Waals surface area contributed by atoms with Crippen molar-refractivity contribution in [1.82, 2.24) is 5.32 Å². The summed E-state index contributed by atoms with van der Waals surface area (Å²) in [6, 6.07) is -0.300. The lowest BCUT2D eigenvalue weighted by Crippen LogP contribution is -2.40. The predicted molar refractivity (Wildman–Crippen MR) is 62.5 cm³/mol. The van der Waals surface area contributed by atoms with E-state index in [-0.39, 0.29) is 11.9 Å². The van der Waals surface area contributed by atoms with Gasteiger partial charge in [-0.25, -0.2) is 0 Å². The molecule has 15 heavy (non-hydrogen) atoms. The second-order valence-corrected chi connectivity index (χ2v) is 4.63. The molecule has 0 spiro atoms. The molecule has 3 N–H and O–H groups in total. The fourth-order valence-electron chi connectivity index (χ4n) is 1.70. The molecule has 1 fully saturated rings. The number of carbonyl (C=O) groups is 1. The molecule has 1 aliphatic carbocycles. The quantitative estimate of drug-likeness (QED) is 0.603. The molecule has 1 atom stereocenters. The molecule has 1 rings (SSSR count). The maximum absolute atomic E-state index is 11.5. The van der Waals surface area contributed by atoms with Gasteiger partial charge in [-0.15, -0.1) is 0 Å². The van der Waals surface area contributed by atoms with Crippen LogP contribution in [0.4, 0.5) is 0 Å². The fourth-order valence-corrected chi connectivity index (χ4v) is 1.70. The predicted octanol–water partition coefficient (Wildman–Crippen LogP) is 1.81. The average Bonchev–Trinajstić information content (AvgIpc) is 3.04. The van der Waals surface area contributed by atoms with Gasteiger partial charge in [0.1, 0.15) is 0 Å². The maximum Gasteiger partial charge on any atom is 0.236 e. The maximum atomic E-state index is 11.5.